The number of urea groups is 1. The van der Waals surface area contributed by atoms with Gasteiger partial charge in [0.15, 0.2) is 0 Å². The molecule has 1 aromatic carbocycles. The van der Waals surface area contributed by atoms with Gasteiger partial charge >= 0.3 is 6.03 Å². The van der Waals surface area contributed by atoms with E-state index in [0.717, 1.165) is 0 Å². The summed E-state index contributed by atoms with van der Waals surface area (Å²) in [6.07, 6.45) is 0. The van der Waals surface area contributed by atoms with E-state index < -0.39 is 0 Å². The Morgan fingerprint density at radius 2 is 1.88 bits per heavy atom. The van der Waals surface area contributed by atoms with E-state index in [1.165, 1.54) is 0 Å². The lowest BCUT2D eigenvalue weighted by molar-refractivity contribution is 0.233. The van der Waals surface area contributed by atoms with Gasteiger partial charge in [-0.15, -0.1) is 0 Å². The third-order valence-electron chi connectivity index (χ3n) is 2.77. The summed E-state index contributed by atoms with van der Waals surface area (Å²) in [6, 6.07) is 7.00. The predicted octanol–water partition coefficient (Wildman–Crippen LogP) is 3.90. The van der Waals surface area contributed by atoms with Gasteiger partial charge in [0.1, 0.15) is 0 Å². The fourth-order valence-electron chi connectivity index (χ4n) is 1.13. The van der Waals surface area contributed by atoms with Crippen LogP contribution in [-0.2, 0) is 0 Å². The van der Waals surface area contributed by atoms with Crippen molar-refractivity contribution in [2.24, 2.45) is 5.41 Å². The minimum Gasteiger partial charge on any atom is -0.335 e. The van der Waals surface area contributed by atoms with Gasteiger partial charge < -0.3 is 10.6 Å². The molecule has 1 unspecified atom stereocenters. The van der Waals surface area contributed by atoms with Crippen LogP contribution in [0.1, 0.15) is 27.7 Å². The molecule has 0 bridgehead atoms. The fraction of sp³-hybridized carbons (Fsp3) is 0.462. The number of carbonyl (C=O) groups is 1. The van der Waals surface area contributed by atoms with Gasteiger partial charge in [0.2, 0.25) is 0 Å². The maximum atomic E-state index is 11.7. The summed E-state index contributed by atoms with van der Waals surface area (Å²) in [4.78, 5) is 11.7. The van der Waals surface area contributed by atoms with Crippen molar-refractivity contribution in [3.63, 3.8) is 0 Å². The molecule has 0 aliphatic heterocycles. The van der Waals surface area contributed by atoms with Crippen LogP contribution in [-0.4, -0.2) is 12.1 Å². The standard InChI is InChI=1S/C13H19ClN2O/c1-9(13(2,3)4)15-12(17)16-11-8-6-5-7-10(11)14/h5-9H,1-4H3,(H2,15,16,17). The number of anilines is 1. The quantitative estimate of drug-likeness (QED) is 0.826. The SMILES string of the molecule is CC(NC(=O)Nc1ccccc1Cl)C(C)(C)C. The smallest absolute Gasteiger partial charge is 0.319 e. The Morgan fingerprint density at radius 1 is 1.29 bits per heavy atom. The lowest BCUT2D eigenvalue weighted by atomic mass is 9.88. The number of hydrogen-bond donors (Lipinski definition) is 2. The molecule has 0 spiro atoms. The van der Waals surface area contributed by atoms with Crippen molar-refractivity contribution in [1.82, 2.24) is 5.32 Å². The summed E-state index contributed by atoms with van der Waals surface area (Å²) in [5, 5.41) is 6.15. The number of nitrogens with one attached hydrogen (secondary N) is 2. The Hall–Kier alpha value is -1.22. The molecule has 4 heteroatoms. The van der Waals surface area contributed by atoms with Crippen LogP contribution in [0.25, 0.3) is 0 Å². The Kier molecular flexibility index (Phi) is 4.40. The predicted molar refractivity (Wildman–Crippen MR) is 72.5 cm³/mol. The molecule has 1 atom stereocenters. The molecule has 1 rings (SSSR count). The van der Waals surface area contributed by atoms with Crippen molar-refractivity contribution in [3.05, 3.63) is 29.3 Å². The number of rotatable bonds is 2. The zero-order valence-electron chi connectivity index (χ0n) is 10.7. The zero-order chi connectivity index (χ0) is 13.1. The van der Waals surface area contributed by atoms with Gasteiger partial charge in [0, 0.05) is 6.04 Å². The normalized spacial score (nSPS) is 13.0. The molecule has 0 fully saturated rings. The van der Waals surface area contributed by atoms with Gasteiger partial charge in [-0.05, 0) is 24.5 Å². The molecule has 1 aromatic rings. The lowest BCUT2D eigenvalue weighted by Gasteiger charge is -2.28. The third kappa shape index (κ3) is 4.27. The summed E-state index contributed by atoms with van der Waals surface area (Å²) < 4.78 is 0. The van der Waals surface area contributed by atoms with Crippen LogP contribution in [0, 0.1) is 5.41 Å². The first kappa shape index (κ1) is 13.8. The Morgan fingerprint density at radius 3 is 2.41 bits per heavy atom. The van der Waals surface area contributed by atoms with Crippen molar-refractivity contribution < 1.29 is 4.79 Å². The minimum absolute atomic E-state index is 0.0256. The molecule has 0 saturated heterocycles. The largest absolute Gasteiger partial charge is 0.335 e. The van der Waals surface area contributed by atoms with E-state index in [0.29, 0.717) is 10.7 Å². The highest BCUT2D eigenvalue weighted by Gasteiger charge is 2.21. The highest BCUT2D eigenvalue weighted by atomic mass is 35.5. The molecule has 0 saturated carbocycles. The first-order valence-electron chi connectivity index (χ1n) is 5.63. The van der Waals surface area contributed by atoms with Crippen molar-refractivity contribution in [2.75, 3.05) is 5.32 Å². The molecule has 2 N–H and O–H groups in total. The summed E-state index contributed by atoms with van der Waals surface area (Å²) >= 11 is 5.95. The Bertz CT molecular complexity index is 399. The van der Waals surface area contributed by atoms with Gasteiger partial charge in [0.05, 0.1) is 10.7 Å². The van der Waals surface area contributed by atoms with Crippen LogP contribution in [0.3, 0.4) is 0 Å². The van der Waals surface area contributed by atoms with Gasteiger partial charge in [0.25, 0.3) is 0 Å². The second-order valence-electron chi connectivity index (χ2n) is 5.17. The van der Waals surface area contributed by atoms with E-state index >= 15 is 0 Å². The van der Waals surface area contributed by atoms with E-state index in [1.807, 2.05) is 19.1 Å². The van der Waals surface area contributed by atoms with Gasteiger partial charge in [-0.2, -0.15) is 0 Å². The molecule has 94 valence electrons. The average molecular weight is 255 g/mol. The molecule has 3 nitrogen and oxygen atoms in total. The van der Waals surface area contributed by atoms with Crippen LogP contribution >= 0.6 is 11.6 Å². The van der Waals surface area contributed by atoms with Crippen LogP contribution in [0.5, 0.6) is 0 Å². The van der Waals surface area contributed by atoms with Crippen molar-refractivity contribution in [3.8, 4) is 0 Å². The van der Waals surface area contributed by atoms with Gasteiger partial charge in [-0.1, -0.05) is 44.5 Å². The number of halogens is 1. The molecule has 0 radical (unpaired) electrons. The van der Waals surface area contributed by atoms with Crippen LogP contribution < -0.4 is 10.6 Å². The number of hydrogen-bond acceptors (Lipinski definition) is 1. The van der Waals surface area contributed by atoms with Crippen molar-refractivity contribution in [1.29, 1.82) is 0 Å². The molecule has 0 aliphatic carbocycles. The molecule has 17 heavy (non-hydrogen) atoms. The van der Waals surface area contributed by atoms with E-state index in [9.17, 15) is 4.79 Å². The first-order valence-corrected chi connectivity index (χ1v) is 6.00. The van der Waals surface area contributed by atoms with E-state index in [-0.39, 0.29) is 17.5 Å². The Balaban J connectivity index is 2.60. The second-order valence-corrected chi connectivity index (χ2v) is 5.57. The molecule has 0 aliphatic rings. The highest BCUT2D eigenvalue weighted by Crippen LogP contribution is 2.21. The molecule has 0 aromatic heterocycles. The van der Waals surface area contributed by atoms with Crippen LogP contribution in [0.4, 0.5) is 10.5 Å². The number of amides is 2. The number of para-hydroxylation sites is 1. The van der Waals surface area contributed by atoms with Crippen LogP contribution in [0.2, 0.25) is 5.02 Å². The number of carbonyl (C=O) groups excluding carboxylic acids is 1. The fourth-order valence-corrected chi connectivity index (χ4v) is 1.32. The maximum absolute atomic E-state index is 11.7. The summed E-state index contributed by atoms with van der Waals surface area (Å²) in [7, 11) is 0. The molecule has 2 amide bonds. The first-order chi connectivity index (χ1) is 7.80. The van der Waals surface area contributed by atoms with E-state index in [4.69, 9.17) is 11.6 Å². The Labute approximate surface area is 108 Å². The third-order valence-corrected chi connectivity index (χ3v) is 3.10. The average Bonchev–Trinajstić information content (AvgIpc) is 2.20. The van der Waals surface area contributed by atoms with Gasteiger partial charge in [-0.25, -0.2) is 4.79 Å². The van der Waals surface area contributed by atoms with E-state index in [2.05, 4.69) is 31.4 Å². The summed E-state index contributed by atoms with van der Waals surface area (Å²) in [5.74, 6) is 0. The van der Waals surface area contributed by atoms with Gasteiger partial charge in [-0.3, -0.25) is 0 Å². The van der Waals surface area contributed by atoms with Crippen LogP contribution in [0.15, 0.2) is 24.3 Å². The van der Waals surface area contributed by atoms with Crippen molar-refractivity contribution >= 4 is 23.3 Å². The monoisotopic (exact) mass is 254 g/mol. The maximum Gasteiger partial charge on any atom is 0.319 e. The highest BCUT2D eigenvalue weighted by molar-refractivity contribution is 6.33. The lowest BCUT2D eigenvalue weighted by Crippen LogP contribution is -2.43. The zero-order valence-corrected chi connectivity index (χ0v) is 11.4. The topological polar surface area (TPSA) is 41.1 Å². The molecule has 0 heterocycles. The van der Waals surface area contributed by atoms with E-state index in [1.54, 1.807) is 12.1 Å². The molecular weight excluding hydrogens is 236 g/mol. The summed E-state index contributed by atoms with van der Waals surface area (Å²) in [6.45, 7) is 8.21. The summed E-state index contributed by atoms with van der Waals surface area (Å²) in [5.41, 5.74) is 0.644. The second kappa shape index (κ2) is 5.41. The minimum atomic E-state index is -0.236. The van der Waals surface area contributed by atoms with Crippen molar-refractivity contribution in [2.45, 2.75) is 33.7 Å². The number of benzene rings is 1. The molecular formula is C13H19ClN2O.